The molecule has 1 heterocycles. The maximum absolute atomic E-state index is 13.9. The molecule has 1 aliphatic heterocycles. The molecule has 9 nitrogen and oxygen atoms in total. The molecule has 0 spiro atoms. The zero-order chi connectivity index (χ0) is 28.2. The van der Waals surface area contributed by atoms with E-state index in [9.17, 15) is 18.0 Å². The van der Waals surface area contributed by atoms with Gasteiger partial charge in [-0.05, 0) is 51.0 Å². The van der Waals surface area contributed by atoms with Gasteiger partial charge < -0.3 is 19.7 Å². The summed E-state index contributed by atoms with van der Waals surface area (Å²) in [6.45, 7) is 2.55. The van der Waals surface area contributed by atoms with Crippen LogP contribution in [0, 0.1) is 0 Å². The summed E-state index contributed by atoms with van der Waals surface area (Å²) in [5, 5.41) is 3.75. The molecule has 2 amide bonds. The van der Waals surface area contributed by atoms with Crippen LogP contribution < -0.4 is 19.1 Å². The fourth-order valence-electron chi connectivity index (χ4n) is 4.77. The second kappa shape index (κ2) is 12.7. The van der Waals surface area contributed by atoms with Gasteiger partial charge in [-0.2, -0.15) is 0 Å². The Kier molecular flexibility index (Phi) is 9.51. The standard InChI is InChI=1S/C27H33Cl2N3O6S/c1-3-39(35,36)32(20-12-13-24-25(14-20)38-17-37-24)16-26(33)31(15-21-22(28)10-7-11-23(21)29)18(2)27(34)30-19-8-5-4-6-9-19/h7,10-14,18-19H,3-6,8-9,15-17H2,1-2H3,(H,30,34)/t18-/m0/s1. The lowest BCUT2D eigenvalue weighted by atomic mass is 9.95. The first-order valence-corrected chi connectivity index (χ1v) is 15.4. The molecule has 0 unspecified atom stereocenters. The number of nitrogens with one attached hydrogen (secondary N) is 1. The minimum atomic E-state index is -3.88. The highest BCUT2D eigenvalue weighted by Gasteiger charge is 2.33. The lowest BCUT2D eigenvalue weighted by Gasteiger charge is -2.33. The van der Waals surface area contributed by atoms with E-state index in [4.69, 9.17) is 32.7 Å². The van der Waals surface area contributed by atoms with Gasteiger partial charge in [0.1, 0.15) is 12.6 Å². The molecule has 212 valence electrons. The number of amides is 2. The Bertz CT molecular complexity index is 1300. The number of ether oxygens (including phenoxy) is 2. The summed E-state index contributed by atoms with van der Waals surface area (Å²) in [5.41, 5.74) is 0.726. The van der Waals surface area contributed by atoms with Crippen molar-refractivity contribution in [2.45, 2.75) is 64.6 Å². The minimum absolute atomic E-state index is 0.0260. The van der Waals surface area contributed by atoms with Crippen molar-refractivity contribution in [2.75, 3.05) is 23.4 Å². The first kappa shape index (κ1) is 29.3. The van der Waals surface area contributed by atoms with Crippen LogP contribution in [0.2, 0.25) is 10.0 Å². The summed E-state index contributed by atoms with van der Waals surface area (Å²) in [4.78, 5) is 28.5. The van der Waals surface area contributed by atoms with Gasteiger partial charge in [0, 0.05) is 34.3 Å². The quantitative estimate of drug-likeness (QED) is 0.424. The van der Waals surface area contributed by atoms with Crippen LogP contribution in [0.15, 0.2) is 36.4 Å². The summed E-state index contributed by atoms with van der Waals surface area (Å²) < 4.78 is 38.1. The predicted molar refractivity (Wildman–Crippen MR) is 151 cm³/mol. The number of benzene rings is 2. The zero-order valence-electron chi connectivity index (χ0n) is 22.0. The first-order chi connectivity index (χ1) is 18.6. The van der Waals surface area contributed by atoms with Crippen molar-refractivity contribution in [2.24, 2.45) is 0 Å². The molecule has 1 fully saturated rings. The van der Waals surface area contributed by atoms with E-state index in [0.29, 0.717) is 27.1 Å². The van der Waals surface area contributed by atoms with Crippen molar-refractivity contribution in [1.29, 1.82) is 0 Å². The summed E-state index contributed by atoms with van der Waals surface area (Å²) in [7, 11) is -3.88. The molecule has 1 N–H and O–H groups in total. The molecular formula is C27H33Cl2N3O6S. The number of sulfonamides is 1. The van der Waals surface area contributed by atoms with Crippen LogP contribution in [-0.4, -0.2) is 56.3 Å². The molecule has 0 saturated heterocycles. The number of carbonyl (C=O) groups is 2. The van der Waals surface area contributed by atoms with E-state index in [1.54, 1.807) is 37.3 Å². The summed E-state index contributed by atoms with van der Waals surface area (Å²) in [6, 6.07) is 8.81. The maximum Gasteiger partial charge on any atom is 0.244 e. The normalized spacial score (nSPS) is 16.0. The van der Waals surface area contributed by atoms with E-state index in [0.717, 1.165) is 36.4 Å². The van der Waals surface area contributed by atoms with Gasteiger partial charge in [0.2, 0.25) is 28.6 Å². The first-order valence-electron chi connectivity index (χ1n) is 13.0. The molecule has 2 aliphatic rings. The van der Waals surface area contributed by atoms with Crippen LogP contribution in [-0.2, 0) is 26.2 Å². The number of anilines is 1. The lowest BCUT2D eigenvalue weighted by molar-refractivity contribution is -0.139. The highest BCUT2D eigenvalue weighted by atomic mass is 35.5. The minimum Gasteiger partial charge on any atom is -0.454 e. The van der Waals surface area contributed by atoms with Gasteiger partial charge in [0.05, 0.1) is 11.4 Å². The molecule has 4 rings (SSSR count). The third kappa shape index (κ3) is 6.91. The van der Waals surface area contributed by atoms with Crippen LogP contribution in [0.25, 0.3) is 0 Å². The van der Waals surface area contributed by atoms with E-state index < -0.39 is 28.5 Å². The van der Waals surface area contributed by atoms with Gasteiger partial charge in [-0.25, -0.2) is 8.42 Å². The molecule has 0 bridgehead atoms. The zero-order valence-corrected chi connectivity index (χ0v) is 24.3. The molecule has 2 aromatic carbocycles. The van der Waals surface area contributed by atoms with Crippen LogP contribution >= 0.6 is 23.2 Å². The van der Waals surface area contributed by atoms with Crippen molar-refractivity contribution in [3.63, 3.8) is 0 Å². The average molecular weight is 599 g/mol. The van der Waals surface area contributed by atoms with Crippen molar-refractivity contribution in [3.05, 3.63) is 52.0 Å². The maximum atomic E-state index is 13.9. The summed E-state index contributed by atoms with van der Waals surface area (Å²) in [5.74, 6) is -0.250. The number of rotatable bonds is 10. The number of hydrogen-bond donors (Lipinski definition) is 1. The van der Waals surface area contributed by atoms with E-state index in [2.05, 4.69) is 5.32 Å². The second-order valence-corrected chi connectivity index (χ2v) is 12.7. The number of hydrogen-bond acceptors (Lipinski definition) is 6. The number of halogens is 2. The second-order valence-electron chi connectivity index (χ2n) is 9.69. The Balaban J connectivity index is 1.64. The van der Waals surface area contributed by atoms with Gasteiger partial charge in [0.15, 0.2) is 11.5 Å². The molecule has 1 atom stereocenters. The molecule has 12 heteroatoms. The lowest BCUT2D eigenvalue weighted by Crippen LogP contribution is -2.53. The summed E-state index contributed by atoms with van der Waals surface area (Å²) >= 11 is 12.8. The largest absolute Gasteiger partial charge is 0.454 e. The van der Waals surface area contributed by atoms with Crippen molar-refractivity contribution in [3.8, 4) is 11.5 Å². The van der Waals surface area contributed by atoms with Crippen molar-refractivity contribution < 1.29 is 27.5 Å². The van der Waals surface area contributed by atoms with Crippen LogP contribution in [0.3, 0.4) is 0 Å². The van der Waals surface area contributed by atoms with Gasteiger partial charge >= 0.3 is 0 Å². The number of nitrogens with zero attached hydrogens (tertiary/aromatic N) is 2. The molecule has 39 heavy (non-hydrogen) atoms. The number of carbonyl (C=O) groups excluding carboxylic acids is 2. The highest BCUT2D eigenvalue weighted by molar-refractivity contribution is 7.92. The van der Waals surface area contributed by atoms with Gasteiger partial charge in [0.25, 0.3) is 0 Å². The topological polar surface area (TPSA) is 105 Å². The average Bonchev–Trinajstić information content (AvgIpc) is 3.39. The highest BCUT2D eigenvalue weighted by Crippen LogP contribution is 2.36. The Hall–Kier alpha value is -2.69. The summed E-state index contributed by atoms with van der Waals surface area (Å²) in [6.07, 6.45) is 4.98. The Morgan fingerprint density at radius 2 is 1.72 bits per heavy atom. The van der Waals surface area contributed by atoms with Crippen LogP contribution in [0.5, 0.6) is 11.5 Å². The smallest absolute Gasteiger partial charge is 0.244 e. The third-order valence-corrected chi connectivity index (χ3v) is 9.58. The number of fused-ring (bicyclic) bond motifs is 1. The fourth-order valence-corrected chi connectivity index (χ4v) is 6.34. The molecule has 1 aliphatic carbocycles. The Morgan fingerprint density at radius 3 is 2.38 bits per heavy atom. The molecule has 1 saturated carbocycles. The molecule has 0 aromatic heterocycles. The van der Waals surface area contributed by atoms with Crippen molar-refractivity contribution in [1.82, 2.24) is 10.2 Å². The van der Waals surface area contributed by atoms with E-state index in [1.807, 2.05) is 0 Å². The predicted octanol–water partition coefficient (Wildman–Crippen LogP) is 4.74. The van der Waals surface area contributed by atoms with E-state index in [1.165, 1.54) is 17.9 Å². The van der Waals surface area contributed by atoms with Crippen LogP contribution in [0.1, 0.15) is 51.5 Å². The molecule has 2 aromatic rings. The third-order valence-electron chi connectivity index (χ3n) is 7.13. The van der Waals surface area contributed by atoms with E-state index in [-0.39, 0.29) is 36.7 Å². The molecule has 0 radical (unpaired) electrons. The SMILES string of the molecule is CCS(=O)(=O)N(CC(=O)N(Cc1c(Cl)cccc1Cl)[C@@H](C)C(=O)NC1CCCCC1)c1ccc2c(c1)OCO2. The Labute approximate surface area is 239 Å². The van der Waals surface area contributed by atoms with Gasteiger partial charge in [-0.3, -0.25) is 13.9 Å². The van der Waals surface area contributed by atoms with Gasteiger partial charge in [-0.1, -0.05) is 48.5 Å². The molecular weight excluding hydrogens is 565 g/mol. The van der Waals surface area contributed by atoms with Gasteiger partial charge in [-0.15, -0.1) is 0 Å². The monoisotopic (exact) mass is 597 g/mol. The Morgan fingerprint density at radius 1 is 1.05 bits per heavy atom. The van der Waals surface area contributed by atoms with Crippen molar-refractivity contribution >= 4 is 50.7 Å². The van der Waals surface area contributed by atoms with E-state index >= 15 is 0 Å². The van der Waals surface area contributed by atoms with Crippen LogP contribution in [0.4, 0.5) is 5.69 Å². The fraction of sp³-hybridized carbons (Fsp3) is 0.481.